The molecule has 0 radical (unpaired) electrons. The first-order valence-electron chi connectivity index (χ1n) is 5.46. The Morgan fingerprint density at radius 1 is 1.16 bits per heavy atom. The summed E-state index contributed by atoms with van der Waals surface area (Å²) >= 11 is 11.8. The van der Waals surface area contributed by atoms with Gasteiger partial charge in [0.25, 0.3) is 0 Å². The molecule has 0 bridgehead atoms. The van der Waals surface area contributed by atoms with E-state index in [0.717, 1.165) is 5.56 Å². The van der Waals surface area contributed by atoms with E-state index in [4.69, 9.17) is 33.0 Å². The zero-order valence-electron chi connectivity index (χ0n) is 9.77. The number of hydrogen-bond donors (Lipinski definition) is 1. The third-order valence-corrected chi connectivity index (χ3v) is 3.08. The quantitative estimate of drug-likeness (QED) is 0.916. The molecule has 0 saturated carbocycles. The zero-order valence-corrected chi connectivity index (χ0v) is 11.3. The van der Waals surface area contributed by atoms with Crippen LogP contribution in [-0.4, -0.2) is 11.1 Å². The number of hydrogen-bond acceptors (Lipinski definition) is 2. The van der Waals surface area contributed by atoms with Gasteiger partial charge in [0.05, 0.1) is 5.56 Å². The van der Waals surface area contributed by atoms with Gasteiger partial charge in [0, 0.05) is 15.6 Å². The molecule has 1 N–H and O–H groups in total. The maximum absolute atomic E-state index is 10.8. The molecule has 5 heteroatoms. The summed E-state index contributed by atoms with van der Waals surface area (Å²) in [6, 6.07) is 11.4. The molecule has 0 aliphatic heterocycles. The van der Waals surface area contributed by atoms with Gasteiger partial charge in [-0.2, -0.15) is 0 Å². The lowest BCUT2D eigenvalue weighted by atomic mass is 10.2. The van der Waals surface area contributed by atoms with Gasteiger partial charge in [0.2, 0.25) is 0 Å². The van der Waals surface area contributed by atoms with Gasteiger partial charge in [0.1, 0.15) is 12.4 Å². The van der Waals surface area contributed by atoms with Gasteiger partial charge >= 0.3 is 5.97 Å². The highest BCUT2D eigenvalue weighted by molar-refractivity contribution is 6.35. The minimum atomic E-state index is -0.991. The number of carbonyl (C=O) groups is 1. The van der Waals surface area contributed by atoms with Gasteiger partial charge in [-0.15, -0.1) is 0 Å². The van der Waals surface area contributed by atoms with Crippen LogP contribution in [0.3, 0.4) is 0 Å². The number of benzene rings is 2. The van der Waals surface area contributed by atoms with Crippen LogP contribution < -0.4 is 4.74 Å². The van der Waals surface area contributed by atoms with Crippen LogP contribution in [0.5, 0.6) is 5.75 Å². The van der Waals surface area contributed by atoms with Crippen LogP contribution in [0.25, 0.3) is 0 Å². The molecule has 98 valence electrons. The molecule has 2 rings (SSSR count). The summed E-state index contributed by atoms with van der Waals surface area (Å²) in [4.78, 5) is 10.8. The molecule has 0 aliphatic rings. The predicted octanol–water partition coefficient (Wildman–Crippen LogP) is 4.27. The van der Waals surface area contributed by atoms with Crippen molar-refractivity contribution in [2.24, 2.45) is 0 Å². The molecule has 0 aromatic heterocycles. The first-order valence-corrected chi connectivity index (χ1v) is 6.22. The van der Waals surface area contributed by atoms with Crippen molar-refractivity contribution < 1.29 is 14.6 Å². The van der Waals surface area contributed by atoms with Crippen LogP contribution >= 0.6 is 23.2 Å². The Hall–Kier alpha value is -1.71. The van der Waals surface area contributed by atoms with E-state index in [2.05, 4.69) is 0 Å². The fraction of sp³-hybridized carbons (Fsp3) is 0.0714. The standard InChI is InChI=1S/C14H10Cl2O3/c15-11-5-4-10(13(16)7-11)8-19-12-3-1-2-9(6-12)14(17)18/h1-7H,8H2,(H,17,18). The van der Waals surface area contributed by atoms with Crippen LogP contribution in [0.4, 0.5) is 0 Å². The van der Waals surface area contributed by atoms with Crippen LogP contribution in [0.1, 0.15) is 15.9 Å². The molecule has 2 aromatic rings. The number of carboxylic acid groups (broad SMARTS) is 1. The van der Waals surface area contributed by atoms with Crippen molar-refractivity contribution in [3.8, 4) is 5.75 Å². The zero-order chi connectivity index (χ0) is 13.8. The molecule has 0 fully saturated rings. The monoisotopic (exact) mass is 296 g/mol. The highest BCUT2D eigenvalue weighted by Gasteiger charge is 2.05. The molecule has 0 amide bonds. The molecule has 0 aliphatic carbocycles. The van der Waals surface area contributed by atoms with Crippen LogP contribution in [0, 0.1) is 0 Å². The Morgan fingerprint density at radius 2 is 1.95 bits per heavy atom. The van der Waals surface area contributed by atoms with E-state index in [1.54, 1.807) is 30.3 Å². The maximum atomic E-state index is 10.8. The van der Waals surface area contributed by atoms with Crippen molar-refractivity contribution in [2.45, 2.75) is 6.61 Å². The summed E-state index contributed by atoms with van der Waals surface area (Å²) in [5, 5.41) is 9.95. The second kappa shape index (κ2) is 5.95. The third-order valence-electron chi connectivity index (χ3n) is 2.49. The van der Waals surface area contributed by atoms with Gasteiger partial charge in [-0.1, -0.05) is 35.3 Å². The summed E-state index contributed by atoms with van der Waals surface area (Å²) in [5.74, 6) is -0.513. The SMILES string of the molecule is O=C(O)c1cccc(OCc2ccc(Cl)cc2Cl)c1. The fourth-order valence-corrected chi connectivity index (χ4v) is 1.98. The number of aromatic carboxylic acids is 1. The summed E-state index contributed by atoms with van der Waals surface area (Å²) in [5.41, 5.74) is 0.964. The van der Waals surface area contributed by atoms with Gasteiger partial charge in [0.15, 0.2) is 0 Å². The average Bonchev–Trinajstić information content (AvgIpc) is 2.38. The molecule has 0 unspecified atom stereocenters. The number of halogens is 2. The molecule has 0 atom stereocenters. The van der Waals surface area contributed by atoms with Crippen molar-refractivity contribution in [3.05, 3.63) is 63.6 Å². The highest BCUT2D eigenvalue weighted by Crippen LogP contribution is 2.23. The summed E-state index contributed by atoms with van der Waals surface area (Å²) in [6.45, 7) is 0.249. The Morgan fingerprint density at radius 3 is 2.63 bits per heavy atom. The van der Waals surface area contributed by atoms with Crippen molar-refractivity contribution in [2.75, 3.05) is 0 Å². The number of rotatable bonds is 4. The van der Waals surface area contributed by atoms with Crippen LogP contribution in [0.2, 0.25) is 10.0 Å². The predicted molar refractivity (Wildman–Crippen MR) is 74.2 cm³/mol. The molecule has 3 nitrogen and oxygen atoms in total. The lowest BCUT2D eigenvalue weighted by Crippen LogP contribution is -1.99. The normalized spacial score (nSPS) is 10.2. The Kier molecular flexibility index (Phi) is 4.30. The molecule has 19 heavy (non-hydrogen) atoms. The Bertz CT molecular complexity index is 611. The van der Waals surface area contributed by atoms with Crippen molar-refractivity contribution in [3.63, 3.8) is 0 Å². The first-order chi connectivity index (χ1) is 9.06. The third kappa shape index (κ3) is 3.63. The van der Waals surface area contributed by atoms with E-state index >= 15 is 0 Å². The maximum Gasteiger partial charge on any atom is 0.335 e. The minimum absolute atomic E-state index is 0.180. The van der Waals surface area contributed by atoms with Gasteiger partial charge in [-0.25, -0.2) is 4.79 Å². The fourth-order valence-electron chi connectivity index (χ4n) is 1.52. The average molecular weight is 297 g/mol. The topological polar surface area (TPSA) is 46.5 Å². The molecule has 0 heterocycles. The highest BCUT2D eigenvalue weighted by atomic mass is 35.5. The molecule has 0 spiro atoms. The molecular formula is C14H10Cl2O3. The molecule has 0 saturated heterocycles. The van der Waals surface area contributed by atoms with Gasteiger partial charge < -0.3 is 9.84 Å². The van der Waals surface area contributed by atoms with E-state index in [-0.39, 0.29) is 12.2 Å². The van der Waals surface area contributed by atoms with Crippen molar-refractivity contribution in [1.82, 2.24) is 0 Å². The number of carboxylic acids is 1. The lowest BCUT2D eigenvalue weighted by Gasteiger charge is -2.08. The molecular weight excluding hydrogens is 287 g/mol. The van der Waals surface area contributed by atoms with E-state index < -0.39 is 5.97 Å². The lowest BCUT2D eigenvalue weighted by molar-refractivity contribution is 0.0696. The van der Waals surface area contributed by atoms with Crippen LogP contribution in [0.15, 0.2) is 42.5 Å². The van der Waals surface area contributed by atoms with E-state index in [1.807, 2.05) is 0 Å². The molecule has 2 aromatic carbocycles. The second-order valence-corrected chi connectivity index (χ2v) is 4.70. The smallest absolute Gasteiger partial charge is 0.335 e. The largest absolute Gasteiger partial charge is 0.489 e. The van der Waals surface area contributed by atoms with Crippen LogP contribution in [-0.2, 0) is 6.61 Å². The minimum Gasteiger partial charge on any atom is -0.489 e. The summed E-state index contributed by atoms with van der Waals surface area (Å²) in [7, 11) is 0. The van der Waals surface area contributed by atoms with Gasteiger partial charge in [-0.3, -0.25) is 0 Å². The Balaban J connectivity index is 2.10. The summed E-state index contributed by atoms with van der Waals surface area (Å²) in [6.07, 6.45) is 0. The van der Waals surface area contributed by atoms with E-state index in [9.17, 15) is 4.79 Å². The van der Waals surface area contributed by atoms with Crippen molar-refractivity contribution >= 4 is 29.2 Å². The summed E-state index contributed by atoms with van der Waals surface area (Å²) < 4.78 is 5.51. The number of ether oxygens (including phenoxy) is 1. The van der Waals surface area contributed by atoms with Gasteiger partial charge in [-0.05, 0) is 30.3 Å². The first kappa shape index (κ1) is 13.7. The second-order valence-electron chi connectivity index (χ2n) is 3.86. The Labute approximate surface area is 120 Å². The van der Waals surface area contributed by atoms with E-state index in [1.165, 1.54) is 12.1 Å². The van der Waals surface area contributed by atoms with E-state index in [0.29, 0.717) is 15.8 Å². The van der Waals surface area contributed by atoms with Crippen molar-refractivity contribution in [1.29, 1.82) is 0 Å².